The van der Waals surface area contributed by atoms with E-state index in [9.17, 15) is 9.59 Å². The molecule has 9 heteroatoms. The molecule has 0 radical (unpaired) electrons. The number of amides is 1. The van der Waals surface area contributed by atoms with Gasteiger partial charge in [-0.05, 0) is 26.2 Å². The Balaban J connectivity index is 4.11. The largest absolute Gasteiger partial charge is 0.480 e. The number of carboxylic acids is 1. The summed E-state index contributed by atoms with van der Waals surface area (Å²) in [6.07, 6.45) is 0.996. The number of amidine groups is 1. The van der Waals surface area contributed by atoms with Crippen LogP contribution < -0.4 is 11.1 Å². The molecule has 1 unspecified atom stereocenters. The van der Waals surface area contributed by atoms with Crippen molar-refractivity contribution >= 4 is 17.9 Å². The van der Waals surface area contributed by atoms with Crippen LogP contribution >= 0.6 is 0 Å². The Labute approximate surface area is 117 Å². The SMILES string of the molecule is CNC(=O)OCN(CCCCC(N)C(=O)O)/C(C)=N/O. The number of nitrogens with zero attached hydrogens (tertiary/aromatic N) is 2. The Bertz CT molecular complexity index is 348. The quantitative estimate of drug-likeness (QED) is 0.123. The minimum Gasteiger partial charge on any atom is -0.480 e. The minimum atomic E-state index is -1.03. The lowest BCUT2D eigenvalue weighted by Crippen LogP contribution is -2.35. The molecule has 0 saturated carbocycles. The van der Waals surface area contributed by atoms with E-state index in [1.165, 1.54) is 7.05 Å². The number of aliphatic carboxylic acids is 1. The van der Waals surface area contributed by atoms with Crippen LogP contribution in [-0.4, -0.2) is 59.5 Å². The minimum absolute atomic E-state index is 0.0550. The van der Waals surface area contributed by atoms with E-state index in [4.69, 9.17) is 20.8 Å². The molecule has 0 fully saturated rings. The van der Waals surface area contributed by atoms with E-state index in [2.05, 4.69) is 10.5 Å². The summed E-state index contributed by atoms with van der Waals surface area (Å²) in [5, 5.41) is 22.7. The van der Waals surface area contributed by atoms with Crippen LogP contribution in [0.4, 0.5) is 4.79 Å². The fourth-order valence-corrected chi connectivity index (χ4v) is 1.38. The molecule has 0 bridgehead atoms. The van der Waals surface area contributed by atoms with E-state index >= 15 is 0 Å². The number of nitrogens with two attached hydrogens (primary N) is 1. The molecule has 0 aliphatic carbocycles. The Kier molecular flexibility index (Phi) is 8.84. The second-order valence-electron chi connectivity index (χ2n) is 4.16. The maximum Gasteiger partial charge on any atom is 0.408 e. The molecule has 9 nitrogen and oxygen atoms in total. The number of oxime groups is 1. The third kappa shape index (κ3) is 7.41. The van der Waals surface area contributed by atoms with Crippen molar-refractivity contribution in [2.24, 2.45) is 10.9 Å². The highest BCUT2D eigenvalue weighted by Gasteiger charge is 2.13. The molecule has 0 heterocycles. The lowest BCUT2D eigenvalue weighted by molar-refractivity contribution is -0.138. The number of nitrogens with one attached hydrogen (secondary N) is 1. The molecular formula is C11H22N4O5. The molecule has 0 aromatic rings. The smallest absolute Gasteiger partial charge is 0.408 e. The second kappa shape index (κ2) is 9.84. The molecule has 5 N–H and O–H groups in total. The van der Waals surface area contributed by atoms with E-state index in [-0.39, 0.29) is 6.73 Å². The van der Waals surface area contributed by atoms with Crippen molar-refractivity contribution in [3.8, 4) is 0 Å². The predicted molar refractivity (Wildman–Crippen MR) is 71.5 cm³/mol. The Hall–Kier alpha value is -2.03. The van der Waals surface area contributed by atoms with E-state index < -0.39 is 18.1 Å². The summed E-state index contributed by atoms with van der Waals surface area (Å²) >= 11 is 0. The van der Waals surface area contributed by atoms with Crippen molar-refractivity contribution < 1.29 is 24.6 Å². The summed E-state index contributed by atoms with van der Waals surface area (Å²) in [6.45, 7) is 1.97. The van der Waals surface area contributed by atoms with Crippen LogP contribution in [0.25, 0.3) is 0 Å². The van der Waals surface area contributed by atoms with Crippen molar-refractivity contribution in [3.63, 3.8) is 0 Å². The monoisotopic (exact) mass is 290 g/mol. The van der Waals surface area contributed by atoms with E-state index in [1.54, 1.807) is 11.8 Å². The normalized spacial score (nSPS) is 12.7. The fraction of sp³-hybridized carbons (Fsp3) is 0.727. The zero-order valence-electron chi connectivity index (χ0n) is 11.7. The van der Waals surface area contributed by atoms with Crippen LogP contribution in [0.1, 0.15) is 26.2 Å². The van der Waals surface area contributed by atoms with E-state index in [1.807, 2.05) is 0 Å². The van der Waals surface area contributed by atoms with Crippen molar-refractivity contribution in [3.05, 3.63) is 0 Å². The van der Waals surface area contributed by atoms with E-state index in [0.717, 1.165) is 0 Å². The van der Waals surface area contributed by atoms with Gasteiger partial charge in [0.25, 0.3) is 0 Å². The Morgan fingerprint density at radius 2 is 2.10 bits per heavy atom. The average molecular weight is 290 g/mol. The number of ether oxygens (including phenoxy) is 1. The second-order valence-corrected chi connectivity index (χ2v) is 4.16. The molecule has 0 aromatic carbocycles. The van der Waals surface area contributed by atoms with Crippen molar-refractivity contribution in [2.45, 2.75) is 32.2 Å². The highest BCUT2D eigenvalue weighted by atomic mass is 16.6. The topological polar surface area (TPSA) is 137 Å². The number of hydrogen-bond donors (Lipinski definition) is 4. The van der Waals surface area contributed by atoms with Gasteiger partial charge in [0.1, 0.15) is 11.9 Å². The summed E-state index contributed by atoms with van der Waals surface area (Å²) in [5.74, 6) is -0.727. The van der Waals surface area contributed by atoms with Gasteiger partial charge in [0.2, 0.25) is 0 Å². The average Bonchev–Trinajstić information content (AvgIpc) is 2.44. The number of hydrogen-bond acceptors (Lipinski definition) is 6. The highest BCUT2D eigenvalue weighted by molar-refractivity contribution is 5.79. The fourth-order valence-electron chi connectivity index (χ4n) is 1.38. The third-order valence-corrected chi connectivity index (χ3v) is 2.67. The van der Waals surface area contributed by atoms with E-state index in [0.29, 0.717) is 31.6 Å². The van der Waals surface area contributed by atoms with Gasteiger partial charge in [0, 0.05) is 13.6 Å². The molecule has 0 saturated heterocycles. The number of carbonyl (C=O) groups is 2. The summed E-state index contributed by atoms with van der Waals surface area (Å²) in [6, 6.07) is -0.877. The van der Waals surface area contributed by atoms with Gasteiger partial charge in [-0.3, -0.25) is 4.79 Å². The maximum absolute atomic E-state index is 11.0. The molecule has 0 aliphatic rings. The molecule has 0 rings (SSSR count). The molecule has 0 spiro atoms. The number of carbonyl (C=O) groups excluding carboxylic acids is 1. The van der Waals surface area contributed by atoms with Crippen LogP contribution in [0.5, 0.6) is 0 Å². The summed E-state index contributed by atoms with van der Waals surface area (Å²) in [5.41, 5.74) is 5.38. The van der Waals surface area contributed by atoms with Gasteiger partial charge in [0.15, 0.2) is 6.73 Å². The molecule has 0 aliphatic heterocycles. The zero-order chi connectivity index (χ0) is 15.5. The Morgan fingerprint density at radius 3 is 2.60 bits per heavy atom. The number of rotatable bonds is 8. The lowest BCUT2D eigenvalue weighted by atomic mass is 10.1. The first-order valence-electron chi connectivity index (χ1n) is 6.18. The van der Waals surface area contributed by atoms with Crippen LogP contribution in [0.15, 0.2) is 5.16 Å². The molecule has 1 amide bonds. The summed E-state index contributed by atoms with van der Waals surface area (Å²) < 4.78 is 4.86. The first kappa shape index (κ1) is 18.0. The molecule has 0 aromatic heterocycles. The van der Waals surface area contributed by atoms with Gasteiger partial charge >= 0.3 is 12.1 Å². The van der Waals surface area contributed by atoms with Gasteiger partial charge in [0.05, 0.1) is 0 Å². The third-order valence-electron chi connectivity index (χ3n) is 2.67. The molecule has 1 atom stereocenters. The van der Waals surface area contributed by atoms with Crippen LogP contribution in [0.2, 0.25) is 0 Å². The van der Waals surface area contributed by atoms with Gasteiger partial charge in [-0.1, -0.05) is 5.16 Å². The highest BCUT2D eigenvalue weighted by Crippen LogP contribution is 2.03. The van der Waals surface area contributed by atoms with Crippen molar-refractivity contribution in [1.82, 2.24) is 10.2 Å². The Morgan fingerprint density at radius 1 is 1.45 bits per heavy atom. The molecule has 20 heavy (non-hydrogen) atoms. The summed E-state index contributed by atoms with van der Waals surface area (Å²) in [7, 11) is 1.44. The van der Waals surface area contributed by atoms with Crippen LogP contribution in [0, 0.1) is 0 Å². The summed E-state index contributed by atoms with van der Waals surface area (Å²) in [4.78, 5) is 23.1. The zero-order valence-corrected chi connectivity index (χ0v) is 11.7. The predicted octanol–water partition coefficient (Wildman–Crippen LogP) is -0.00830. The standard InChI is InChI=1S/C11H22N4O5/c1-8(14-19)15(7-20-11(18)13-2)6-4-3-5-9(12)10(16)17/h9,19H,3-7,12H2,1-2H3,(H,13,18)(H,16,17)/b14-8+. The van der Waals surface area contributed by atoms with Crippen LogP contribution in [-0.2, 0) is 9.53 Å². The van der Waals surface area contributed by atoms with Gasteiger partial charge in [-0.2, -0.15) is 0 Å². The number of carboxylic acid groups (broad SMARTS) is 1. The first-order valence-corrected chi connectivity index (χ1v) is 6.18. The van der Waals surface area contributed by atoms with Gasteiger partial charge in [-0.25, -0.2) is 4.79 Å². The van der Waals surface area contributed by atoms with Gasteiger partial charge < -0.3 is 31.0 Å². The number of alkyl carbamates (subject to hydrolysis) is 1. The lowest BCUT2D eigenvalue weighted by Gasteiger charge is -2.22. The maximum atomic E-state index is 11.0. The number of unbranched alkanes of at least 4 members (excludes halogenated alkanes) is 1. The van der Waals surface area contributed by atoms with Crippen LogP contribution in [0.3, 0.4) is 0 Å². The van der Waals surface area contributed by atoms with Crippen molar-refractivity contribution in [1.29, 1.82) is 0 Å². The van der Waals surface area contributed by atoms with Crippen molar-refractivity contribution in [2.75, 3.05) is 20.3 Å². The first-order chi connectivity index (χ1) is 9.42. The molecule has 116 valence electrons. The van der Waals surface area contributed by atoms with Gasteiger partial charge in [-0.15, -0.1) is 0 Å². The molecular weight excluding hydrogens is 268 g/mol.